The first-order valence-corrected chi connectivity index (χ1v) is 7.60. The van der Waals surface area contributed by atoms with Crippen LogP contribution < -0.4 is 10.6 Å². The standard InChI is InChI=1S/C16H19F2N3O3/c1-19-14(23)12-8-5-9-21(12)13(22)10-20-15(24)16(17,18)11-6-3-2-4-7-11/h2-4,6-7,12H,5,8-10H2,1H3,(H,19,23)(H,20,24). The van der Waals surface area contributed by atoms with Crippen LogP contribution in [0.3, 0.4) is 0 Å². The summed E-state index contributed by atoms with van der Waals surface area (Å²) in [6, 6.07) is 6.04. The van der Waals surface area contributed by atoms with Gasteiger partial charge in [0, 0.05) is 19.2 Å². The molecular weight excluding hydrogens is 320 g/mol. The van der Waals surface area contributed by atoms with Gasteiger partial charge in [-0.05, 0) is 12.8 Å². The van der Waals surface area contributed by atoms with Gasteiger partial charge in [-0.1, -0.05) is 30.3 Å². The predicted octanol–water partition coefficient (Wildman–Crippen LogP) is 0.632. The Balaban J connectivity index is 1.96. The van der Waals surface area contributed by atoms with Crippen LogP contribution in [-0.4, -0.2) is 48.8 Å². The molecule has 1 heterocycles. The number of carbonyl (C=O) groups excluding carboxylic acids is 3. The zero-order valence-corrected chi connectivity index (χ0v) is 13.2. The van der Waals surface area contributed by atoms with Crippen molar-refractivity contribution in [1.29, 1.82) is 0 Å². The third-order valence-corrected chi connectivity index (χ3v) is 3.94. The van der Waals surface area contributed by atoms with Crippen molar-refractivity contribution in [3.05, 3.63) is 35.9 Å². The fourth-order valence-corrected chi connectivity index (χ4v) is 2.65. The zero-order chi connectivity index (χ0) is 17.7. The second kappa shape index (κ2) is 7.37. The van der Waals surface area contributed by atoms with E-state index < -0.39 is 35.9 Å². The quantitative estimate of drug-likeness (QED) is 0.826. The van der Waals surface area contributed by atoms with Crippen LogP contribution in [0.1, 0.15) is 18.4 Å². The van der Waals surface area contributed by atoms with E-state index in [9.17, 15) is 23.2 Å². The molecule has 2 rings (SSSR count). The van der Waals surface area contributed by atoms with E-state index in [1.165, 1.54) is 24.1 Å². The van der Waals surface area contributed by atoms with Crippen LogP contribution in [0.15, 0.2) is 30.3 Å². The highest BCUT2D eigenvalue weighted by Crippen LogP contribution is 2.27. The van der Waals surface area contributed by atoms with E-state index in [2.05, 4.69) is 5.32 Å². The number of benzene rings is 1. The summed E-state index contributed by atoms with van der Waals surface area (Å²) in [5, 5.41) is 4.43. The lowest BCUT2D eigenvalue weighted by Gasteiger charge is -2.24. The Morgan fingerprint density at radius 1 is 1.25 bits per heavy atom. The van der Waals surface area contributed by atoms with E-state index >= 15 is 0 Å². The summed E-state index contributed by atoms with van der Waals surface area (Å²) in [6.07, 6.45) is 1.16. The van der Waals surface area contributed by atoms with Gasteiger partial charge in [0.1, 0.15) is 6.04 Å². The zero-order valence-electron chi connectivity index (χ0n) is 13.2. The second-order valence-electron chi connectivity index (χ2n) is 5.48. The lowest BCUT2D eigenvalue weighted by atomic mass is 10.1. The summed E-state index contributed by atoms with van der Waals surface area (Å²) in [5.74, 6) is -6.13. The SMILES string of the molecule is CNC(=O)C1CCCN1C(=O)CNC(=O)C(F)(F)c1ccccc1. The van der Waals surface area contributed by atoms with Gasteiger partial charge in [0.15, 0.2) is 0 Å². The van der Waals surface area contributed by atoms with Gasteiger partial charge < -0.3 is 15.5 Å². The predicted molar refractivity (Wildman–Crippen MR) is 82.1 cm³/mol. The highest BCUT2D eigenvalue weighted by Gasteiger charge is 2.41. The van der Waals surface area contributed by atoms with E-state index in [-0.39, 0.29) is 5.91 Å². The van der Waals surface area contributed by atoms with E-state index in [1.807, 2.05) is 5.32 Å². The van der Waals surface area contributed by atoms with Crippen LogP contribution >= 0.6 is 0 Å². The molecule has 0 radical (unpaired) electrons. The van der Waals surface area contributed by atoms with Gasteiger partial charge in [-0.2, -0.15) is 8.78 Å². The first-order valence-electron chi connectivity index (χ1n) is 7.60. The summed E-state index contributed by atoms with van der Waals surface area (Å²) < 4.78 is 28.1. The summed E-state index contributed by atoms with van der Waals surface area (Å²) in [6.45, 7) is -0.212. The average molecular weight is 339 g/mol. The van der Waals surface area contributed by atoms with Crippen molar-refractivity contribution in [2.75, 3.05) is 20.1 Å². The van der Waals surface area contributed by atoms with Gasteiger partial charge in [-0.25, -0.2) is 0 Å². The Kier molecular flexibility index (Phi) is 5.48. The maximum atomic E-state index is 14.0. The van der Waals surface area contributed by atoms with Crippen LogP contribution in [0.4, 0.5) is 8.78 Å². The molecule has 0 aliphatic carbocycles. The number of nitrogens with zero attached hydrogens (tertiary/aromatic N) is 1. The molecule has 3 amide bonds. The summed E-state index contributed by atoms with van der Waals surface area (Å²) in [4.78, 5) is 36.9. The molecule has 1 saturated heterocycles. The van der Waals surface area contributed by atoms with Crippen LogP contribution in [0.2, 0.25) is 0 Å². The van der Waals surface area contributed by atoms with Gasteiger partial charge in [0.2, 0.25) is 11.8 Å². The molecule has 6 nitrogen and oxygen atoms in total. The number of rotatable bonds is 5. The van der Waals surface area contributed by atoms with Crippen molar-refractivity contribution < 1.29 is 23.2 Å². The van der Waals surface area contributed by atoms with E-state index in [4.69, 9.17) is 0 Å². The lowest BCUT2D eigenvalue weighted by molar-refractivity contribution is -0.149. The number of halogens is 2. The van der Waals surface area contributed by atoms with E-state index in [1.54, 1.807) is 6.07 Å². The topological polar surface area (TPSA) is 78.5 Å². The normalized spacial score (nSPS) is 17.5. The van der Waals surface area contributed by atoms with Crippen molar-refractivity contribution in [2.24, 2.45) is 0 Å². The Bertz CT molecular complexity index is 622. The number of hydrogen-bond donors (Lipinski definition) is 2. The molecule has 1 unspecified atom stereocenters. The summed E-state index contributed by atoms with van der Waals surface area (Å²) in [5.41, 5.74) is -0.445. The summed E-state index contributed by atoms with van der Waals surface area (Å²) >= 11 is 0. The molecule has 1 aliphatic rings. The number of hydrogen-bond acceptors (Lipinski definition) is 3. The molecule has 0 bridgehead atoms. The van der Waals surface area contributed by atoms with Crippen molar-refractivity contribution in [3.63, 3.8) is 0 Å². The van der Waals surface area contributed by atoms with Gasteiger partial charge in [-0.3, -0.25) is 14.4 Å². The van der Waals surface area contributed by atoms with Crippen molar-refractivity contribution in [1.82, 2.24) is 15.5 Å². The number of likely N-dealkylation sites (tertiary alicyclic amines) is 1. The van der Waals surface area contributed by atoms with Gasteiger partial charge in [-0.15, -0.1) is 0 Å². The molecule has 8 heteroatoms. The molecule has 0 saturated carbocycles. The maximum Gasteiger partial charge on any atom is 0.349 e. The van der Waals surface area contributed by atoms with Gasteiger partial charge in [0.25, 0.3) is 5.91 Å². The van der Waals surface area contributed by atoms with Crippen molar-refractivity contribution in [3.8, 4) is 0 Å². The van der Waals surface area contributed by atoms with Crippen molar-refractivity contribution in [2.45, 2.75) is 24.8 Å². The molecule has 1 aromatic carbocycles. The third kappa shape index (κ3) is 3.69. The molecule has 130 valence electrons. The number of carbonyl (C=O) groups is 3. The molecule has 1 fully saturated rings. The minimum absolute atomic E-state index is 0.304. The molecule has 2 N–H and O–H groups in total. The minimum Gasteiger partial charge on any atom is -0.357 e. The van der Waals surface area contributed by atoms with Crippen molar-refractivity contribution >= 4 is 17.7 Å². The Morgan fingerprint density at radius 2 is 1.92 bits per heavy atom. The molecular formula is C16H19F2N3O3. The third-order valence-electron chi connectivity index (χ3n) is 3.94. The highest BCUT2D eigenvalue weighted by atomic mass is 19.3. The fourth-order valence-electron chi connectivity index (χ4n) is 2.65. The van der Waals surface area contributed by atoms with Gasteiger partial charge in [0.05, 0.1) is 6.54 Å². The molecule has 0 aromatic heterocycles. The molecule has 1 aliphatic heterocycles. The highest BCUT2D eigenvalue weighted by molar-refractivity contribution is 5.92. The van der Waals surface area contributed by atoms with Crippen LogP contribution in [0.5, 0.6) is 0 Å². The molecule has 24 heavy (non-hydrogen) atoms. The smallest absolute Gasteiger partial charge is 0.349 e. The molecule has 1 aromatic rings. The number of nitrogens with one attached hydrogen (secondary N) is 2. The Morgan fingerprint density at radius 3 is 2.54 bits per heavy atom. The van der Waals surface area contributed by atoms with E-state index in [0.717, 1.165) is 12.1 Å². The van der Waals surface area contributed by atoms with Gasteiger partial charge >= 0.3 is 5.92 Å². The van der Waals surface area contributed by atoms with Crippen LogP contribution in [0.25, 0.3) is 0 Å². The first kappa shape index (κ1) is 17.8. The monoisotopic (exact) mass is 339 g/mol. The summed E-state index contributed by atoms with van der Waals surface area (Å²) in [7, 11) is 1.46. The second-order valence-corrected chi connectivity index (χ2v) is 5.48. The average Bonchev–Trinajstić information content (AvgIpc) is 3.09. The Labute approximate surface area is 138 Å². The maximum absolute atomic E-state index is 14.0. The fraction of sp³-hybridized carbons (Fsp3) is 0.438. The lowest BCUT2D eigenvalue weighted by Crippen LogP contribution is -2.49. The number of amides is 3. The van der Waals surface area contributed by atoms with E-state index in [0.29, 0.717) is 19.4 Å². The molecule has 1 atom stereocenters. The van der Waals surface area contributed by atoms with Crippen LogP contribution in [-0.2, 0) is 20.3 Å². The number of likely N-dealkylation sites (N-methyl/N-ethyl adjacent to an activating group) is 1. The minimum atomic E-state index is -3.73. The van der Waals surface area contributed by atoms with Crippen LogP contribution in [0, 0.1) is 0 Å². The largest absolute Gasteiger partial charge is 0.357 e. The Hall–Kier alpha value is -2.51. The number of alkyl halides is 2. The molecule has 0 spiro atoms. The first-order chi connectivity index (χ1) is 11.4.